The van der Waals surface area contributed by atoms with Gasteiger partial charge in [-0.25, -0.2) is 9.59 Å². The number of nitrogens with one attached hydrogen (secondary N) is 2. The molecule has 0 saturated carbocycles. The van der Waals surface area contributed by atoms with E-state index >= 15 is 0 Å². The molecule has 8 heteroatoms. The van der Waals surface area contributed by atoms with Crippen LogP contribution in [0.1, 0.15) is 29.5 Å². The molecule has 3 N–H and O–H groups in total. The van der Waals surface area contributed by atoms with Crippen molar-refractivity contribution in [2.45, 2.75) is 25.9 Å². The van der Waals surface area contributed by atoms with Crippen molar-refractivity contribution in [1.82, 2.24) is 10.2 Å². The van der Waals surface area contributed by atoms with Gasteiger partial charge in [0.2, 0.25) is 0 Å². The minimum absolute atomic E-state index is 0.0768. The number of unbranched alkanes of at least 4 members (excludes halogenated alkanes) is 1. The zero-order valence-electron chi connectivity index (χ0n) is 16.9. The van der Waals surface area contributed by atoms with Gasteiger partial charge in [0.05, 0.1) is 18.7 Å². The first-order valence-electron chi connectivity index (χ1n) is 9.62. The van der Waals surface area contributed by atoms with Crippen LogP contribution in [0.5, 0.6) is 0 Å². The topological polar surface area (TPSA) is 115 Å². The Morgan fingerprint density at radius 1 is 1.07 bits per heavy atom. The summed E-state index contributed by atoms with van der Waals surface area (Å²) in [5, 5.41) is 23.4. The van der Waals surface area contributed by atoms with Gasteiger partial charge in [-0.05, 0) is 48.2 Å². The molecule has 0 bridgehead atoms. The zero-order valence-corrected chi connectivity index (χ0v) is 16.9. The number of aliphatic hydroxyl groups excluding tert-OH is 1. The molecule has 0 saturated heterocycles. The van der Waals surface area contributed by atoms with Crippen LogP contribution in [0, 0.1) is 11.3 Å². The molecule has 0 unspecified atom stereocenters. The quantitative estimate of drug-likeness (QED) is 0.549. The predicted molar refractivity (Wildman–Crippen MR) is 113 cm³/mol. The number of carbonyl (C=O) groups is 2. The largest absolute Gasteiger partial charge is 0.453 e. The number of nitriles is 1. The highest BCUT2D eigenvalue weighted by atomic mass is 16.5. The molecule has 0 atom stereocenters. The van der Waals surface area contributed by atoms with Crippen molar-refractivity contribution in [1.29, 1.82) is 5.26 Å². The number of rotatable bonds is 9. The molecule has 0 aliphatic rings. The minimum atomic E-state index is -0.506. The third-order valence-electron chi connectivity index (χ3n) is 4.41. The van der Waals surface area contributed by atoms with E-state index in [4.69, 9.17) is 10.4 Å². The van der Waals surface area contributed by atoms with Crippen molar-refractivity contribution in [2.75, 3.05) is 25.6 Å². The van der Waals surface area contributed by atoms with Crippen molar-refractivity contribution in [2.24, 2.45) is 0 Å². The van der Waals surface area contributed by atoms with Crippen LogP contribution in [0.2, 0.25) is 0 Å². The highest BCUT2D eigenvalue weighted by Crippen LogP contribution is 2.13. The maximum absolute atomic E-state index is 12.8. The van der Waals surface area contributed by atoms with Crippen LogP contribution in [-0.4, -0.2) is 42.4 Å². The number of hydrogen-bond donors (Lipinski definition) is 3. The molecule has 8 nitrogen and oxygen atoms in total. The Balaban J connectivity index is 2.00. The van der Waals surface area contributed by atoms with Gasteiger partial charge in [0, 0.05) is 31.9 Å². The lowest BCUT2D eigenvalue weighted by Crippen LogP contribution is -2.35. The summed E-state index contributed by atoms with van der Waals surface area (Å²) in [4.78, 5) is 25.6. The van der Waals surface area contributed by atoms with Crippen LogP contribution in [-0.2, 0) is 17.8 Å². The molecule has 0 spiro atoms. The van der Waals surface area contributed by atoms with Gasteiger partial charge in [0.25, 0.3) is 0 Å². The first kappa shape index (κ1) is 22.7. The van der Waals surface area contributed by atoms with Gasteiger partial charge in [0.1, 0.15) is 0 Å². The first-order chi connectivity index (χ1) is 14.5. The van der Waals surface area contributed by atoms with Gasteiger partial charge < -0.3 is 25.4 Å². The van der Waals surface area contributed by atoms with Gasteiger partial charge in [-0.15, -0.1) is 0 Å². The number of benzene rings is 2. The number of methoxy groups -OCH3 is 1. The Morgan fingerprint density at radius 2 is 1.73 bits per heavy atom. The summed E-state index contributed by atoms with van der Waals surface area (Å²) in [5.74, 6) is 0. The number of aliphatic hydroxyl groups is 1. The van der Waals surface area contributed by atoms with Crippen LogP contribution in [0.3, 0.4) is 0 Å². The van der Waals surface area contributed by atoms with E-state index < -0.39 is 6.09 Å². The Morgan fingerprint density at radius 3 is 2.33 bits per heavy atom. The van der Waals surface area contributed by atoms with Crippen LogP contribution >= 0.6 is 0 Å². The summed E-state index contributed by atoms with van der Waals surface area (Å²) in [6.45, 7) is 1.29. The Bertz CT molecular complexity index is 860. The van der Waals surface area contributed by atoms with E-state index in [-0.39, 0.29) is 12.6 Å². The van der Waals surface area contributed by atoms with E-state index in [1.165, 1.54) is 7.11 Å². The zero-order chi connectivity index (χ0) is 21.8. The van der Waals surface area contributed by atoms with E-state index in [9.17, 15) is 9.59 Å². The van der Waals surface area contributed by atoms with Gasteiger partial charge in [-0.2, -0.15) is 5.26 Å². The fourth-order valence-corrected chi connectivity index (χ4v) is 2.73. The number of carbonyl (C=O) groups excluding carboxylic acids is 2. The Labute approximate surface area is 176 Å². The smallest absolute Gasteiger partial charge is 0.407 e. The summed E-state index contributed by atoms with van der Waals surface area (Å²) in [7, 11) is 1.30. The van der Waals surface area contributed by atoms with Crippen LogP contribution < -0.4 is 10.6 Å². The molecule has 0 heterocycles. The first-order valence-corrected chi connectivity index (χ1v) is 9.62. The molecule has 0 aromatic heterocycles. The predicted octanol–water partition coefficient (Wildman–Crippen LogP) is 3.22. The van der Waals surface area contributed by atoms with Crippen LogP contribution in [0.15, 0.2) is 48.5 Å². The molecule has 2 aromatic rings. The molecule has 3 amide bonds. The molecular formula is C22H26N4O4. The maximum Gasteiger partial charge on any atom is 0.407 e. The molecular weight excluding hydrogens is 384 g/mol. The van der Waals surface area contributed by atoms with Gasteiger partial charge in [0.15, 0.2) is 0 Å². The molecule has 158 valence electrons. The molecule has 0 aliphatic carbocycles. The van der Waals surface area contributed by atoms with Gasteiger partial charge >= 0.3 is 12.1 Å². The SMILES string of the molecule is COC(=O)NCc1ccc(NC(=O)N(CCCCO)Cc2ccc(C#N)cc2)cc1. The third kappa shape index (κ3) is 7.45. The highest BCUT2D eigenvalue weighted by Gasteiger charge is 2.14. The lowest BCUT2D eigenvalue weighted by Gasteiger charge is -2.23. The third-order valence-corrected chi connectivity index (χ3v) is 4.41. The van der Waals surface area contributed by atoms with Crippen molar-refractivity contribution in [3.05, 3.63) is 65.2 Å². The van der Waals surface area contributed by atoms with Crippen molar-refractivity contribution >= 4 is 17.8 Å². The van der Waals surface area contributed by atoms with Crippen molar-refractivity contribution in [3.63, 3.8) is 0 Å². The molecule has 0 fully saturated rings. The number of urea groups is 1. The van der Waals surface area contributed by atoms with Crippen molar-refractivity contribution in [3.8, 4) is 6.07 Å². The fourth-order valence-electron chi connectivity index (χ4n) is 2.73. The lowest BCUT2D eigenvalue weighted by atomic mass is 10.1. The summed E-state index contributed by atoms with van der Waals surface area (Å²) >= 11 is 0. The van der Waals surface area contributed by atoms with E-state index in [1.807, 2.05) is 24.3 Å². The number of hydrogen-bond acceptors (Lipinski definition) is 5. The fraction of sp³-hybridized carbons (Fsp3) is 0.318. The highest BCUT2D eigenvalue weighted by molar-refractivity contribution is 5.89. The Hall–Kier alpha value is -3.57. The molecule has 0 aliphatic heterocycles. The van der Waals surface area contributed by atoms with Crippen LogP contribution in [0.4, 0.5) is 15.3 Å². The number of alkyl carbamates (subject to hydrolysis) is 1. The summed E-state index contributed by atoms with van der Waals surface area (Å²) in [5.41, 5.74) is 2.98. The monoisotopic (exact) mass is 410 g/mol. The summed E-state index contributed by atoms with van der Waals surface area (Å²) in [6.07, 6.45) is 0.783. The second-order valence-electron chi connectivity index (χ2n) is 6.63. The number of anilines is 1. The standard InChI is InChI=1S/C22H26N4O4/c1-30-22(29)24-15-18-8-10-20(11-9-18)25-21(28)26(12-2-3-13-27)16-19-6-4-17(14-23)5-7-19/h4-11,27H,2-3,12-13,15-16H2,1H3,(H,24,29)(H,25,28). The van der Waals surface area contributed by atoms with E-state index in [2.05, 4.69) is 21.4 Å². The van der Waals surface area contributed by atoms with E-state index in [0.29, 0.717) is 43.7 Å². The summed E-state index contributed by atoms with van der Waals surface area (Å²) in [6, 6.07) is 16.1. The molecule has 30 heavy (non-hydrogen) atoms. The second-order valence-corrected chi connectivity index (χ2v) is 6.63. The molecule has 0 radical (unpaired) electrons. The van der Waals surface area contributed by atoms with E-state index in [0.717, 1.165) is 11.1 Å². The van der Waals surface area contributed by atoms with Crippen LogP contribution in [0.25, 0.3) is 0 Å². The number of ether oxygens (including phenoxy) is 1. The molecule has 2 rings (SSSR count). The minimum Gasteiger partial charge on any atom is -0.453 e. The lowest BCUT2D eigenvalue weighted by molar-refractivity contribution is 0.170. The maximum atomic E-state index is 12.8. The van der Waals surface area contributed by atoms with Gasteiger partial charge in [-0.1, -0.05) is 24.3 Å². The second kappa shape index (κ2) is 12.1. The van der Waals surface area contributed by atoms with E-state index in [1.54, 1.807) is 29.2 Å². The van der Waals surface area contributed by atoms with Crippen molar-refractivity contribution < 1.29 is 19.4 Å². The summed E-state index contributed by atoms with van der Waals surface area (Å²) < 4.78 is 4.53. The number of amides is 3. The number of nitrogens with zero attached hydrogens (tertiary/aromatic N) is 2. The Kier molecular flexibility index (Phi) is 9.16. The normalized spacial score (nSPS) is 10.0. The molecule has 2 aromatic carbocycles. The average molecular weight is 410 g/mol. The average Bonchev–Trinajstić information content (AvgIpc) is 2.78. The van der Waals surface area contributed by atoms with Gasteiger partial charge in [-0.3, -0.25) is 0 Å².